The lowest BCUT2D eigenvalue weighted by Gasteiger charge is -1.98. The van der Waals surface area contributed by atoms with Crippen molar-refractivity contribution in [2.45, 2.75) is 33.2 Å². The zero-order valence-electron chi connectivity index (χ0n) is 9.29. The van der Waals surface area contributed by atoms with Crippen LogP contribution in [0.1, 0.15) is 32.0 Å². The third-order valence-electron chi connectivity index (χ3n) is 1.96. The number of hydrogen-bond acceptors (Lipinski definition) is 4. The van der Waals surface area contributed by atoms with Crippen molar-refractivity contribution in [2.75, 3.05) is 6.54 Å². The van der Waals surface area contributed by atoms with Gasteiger partial charge in [0.05, 0.1) is 13.1 Å². The molecule has 0 aliphatic carbocycles. The van der Waals surface area contributed by atoms with Crippen LogP contribution in [0, 0.1) is 18.3 Å². The highest BCUT2D eigenvalue weighted by Crippen LogP contribution is 2.06. The first-order valence-corrected chi connectivity index (χ1v) is 5.18. The SMILES string of the molecule is C#CCNCc1nc(CCC(C)C)no1. The van der Waals surface area contributed by atoms with E-state index in [0.717, 1.165) is 18.7 Å². The number of aromatic nitrogens is 2. The molecule has 0 aliphatic heterocycles. The van der Waals surface area contributed by atoms with Crippen molar-refractivity contribution >= 4 is 0 Å². The molecule has 0 fully saturated rings. The number of hydrogen-bond donors (Lipinski definition) is 1. The lowest BCUT2D eigenvalue weighted by molar-refractivity contribution is 0.364. The molecule has 0 aromatic carbocycles. The monoisotopic (exact) mass is 207 g/mol. The summed E-state index contributed by atoms with van der Waals surface area (Å²) < 4.78 is 5.05. The molecular formula is C11H17N3O. The molecule has 1 rings (SSSR count). The van der Waals surface area contributed by atoms with Crippen molar-refractivity contribution in [2.24, 2.45) is 5.92 Å². The van der Waals surface area contributed by atoms with Gasteiger partial charge in [0, 0.05) is 6.42 Å². The molecule has 4 heteroatoms. The van der Waals surface area contributed by atoms with Crippen LogP contribution in [0.25, 0.3) is 0 Å². The topological polar surface area (TPSA) is 51.0 Å². The predicted molar refractivity (Wildman–Crippen MR) is 58.0 cm³/mol. The second-order valence-electron chi connectivity index (χ2n) is 3.84. The Morgan fingerprint density at radius 2 is 2.33 bits per heavy atom. The van der Waals surface area contributed by atoms with E-state index in [4.69, 9.17) is 10.9 Å². The maximum atomic E-state index is 5.10. The van der Waals surface area contributed by atoms with Gasteiger partial charge in [-0.2, -0.15) is 4.98 Å². The molecule has 0 saturated carbocycles. The van der Waals surface area contributed by atoms with Crippen LogP contribution in [0.3, 0.4) is 0 Å². The molecule has 0 aliphatic rings. The standard InChI is InChI=1S/C11H17N3O/c1-4-7-12-8-11-13-10(14-15-11)6-5-9(2)3/h1,9,12H,5-8H2,2-3H3. The Morgan fingerprint density at radius 3 is 3.00 bits per heavy atom. The molecule has 0 radical (unpaired) electrons. The van der Waals surface area contributed by atoms with E-state index in [2.05, 4.69) is 35.2 Å². The third kappa shape index (κ3) is 4.61. The van der Waals surface area contributed by atoms with Crippen molar-refractivity contribution in [3.8, 4) is 12.3 Å². The molecule has 0 bridgehead atoms. The van der Waals surface area contributed by atoms with Gasteiger partial charge in [-0.1, -0.05) is 24.9 Å². The van der Waals surface area contributed by atoms with Gasteiger partial charge >= 0.3 is 0 Å². The normalized spacial score (nSPS) is 10.5. The molecule has 4 nitrogen and oxygen atoms in total. The van der Waals surface area contributed by atoms with Gasteiger partial charge in [0.25, 0.3) is 0 Å². The summed E-state index contributed by atoms with van der Waals surface area (Å²) in [6.45, 7) is 5.41. The molecule has 0 saturated heterocycles. The van der Waals surface area contributed by atoms with Crippen LogP contribution in [-0.2, 0) is 13.0 Å². The predicted octanol–water partition coefficient (Wildman–Crippen LogP) is 1.38. The Bertz CT molecular complexity index is 325. The van der Waals surface area contributed by atoms with Crippen LogP contribution < -0.4 is 5.32 Å². The van der Waals surface area contributed by atoms with E-state index in [1.807, 2.05) is 0 Å². The summed E-state index contributed by atoms with van der Waals surface area (Å²) in [5.41, 5.74) is 0. The summed E-state index contributed by atoms with van der Waals surface area (Å²) in [4.78, 5) is 4.25. The second kappa shape index (κ2) is 6.20. The van der Waals surface area contributed by atoms with E-state index < -0.39 is 0 Å². The lowest BCUT2D eigenvalue weighted by atomic mass is 10.1. The lowest BCUT2D eigenvalue weighted by Crippen LogP contribution is -2.13. The Morgan fingerprint density at radius 1 is 1.53 bits per heavy atom. The fourth-order valence-electron chi connectivity index (χ4n) is 1.12. The van der Waals surface area contributed by atoms with Crippen LogP contribution >= 0.6 is 0 Å². The minimum absolute atomic E-state index is 0.518. The van der Waals surface area contributed by atoms with E-state index in [1.165, 1.54) is 0 Å². The molecular weight excluding hydrogens is 190 g/mol. The van der Waals surface area contributed by atoms with Crippen LogP contribution in [0.5, 0.6) is 0 Å². The maximum Gasteiger partial charge on any atom is 0.240 e. The zero-order chi connectivity index (χ0) is 11.1. The Hall–Kier alpha value is -1.34. The van der Waals surface area contributed by atoms with Gasteiger partial charge in [-0.05, 0) is 12.3 Å². The van der Waals surface area contributed by atoms with Gasteiger partial charge in [-0.15, -0.1) is 6.42 Å². The van der Waals surface area contributed by atoms with E-state index in [1.54, 1.807) is 0 Å². The van der Waals surface area contributed by atoms with Gasteiger partial charge in [0.2, 0.25) is 5.89 Å². The van der Waals surface area contributed by atoms with Crippen LogP contribution in [0.4, 0.5) is 0 Å². The van der Waals surface area contributed by atoms with Crippen molar-refractivity contribution in [3.63, 3.8) is 0 Å². The summed E-state index contributed by atoms with van der Waals surface area (Å²) in [6.07, 6.45) is 7.05. The first-order chi connectivity index (χ1) is 7.22. The van der Waals surface area contributed by atoms with Gasteiger partial charge in [0.15, 0.2) is 5.82 Å². The van der Waals surface area contributed by atoms with Gasteiger partial charge < -0.3 is 4.52 Å². The van der Waals surface area contributed by atoms with Gasteiger partial charge in [-0.25, -0.2) is 0 Å². The smallest absolute Gasteiger partial charge is 0.240 e. The highest BCUT2D eigenvalue weighted by atomic mass is 16.5. The van der Waals surface area contributed by atoms with Gasteiger partial charge in [0.1, 0.15) is 0 Å². The summed E-state index contributed by atoms with van der Waals surface area (Å²) in [6, 6.07) is 0. The number of nitrogens with zero attached hydrogens (tertiary/aromatic N) is 2. The Kier molecular flexibility index (Phi) is 4.85. The fourth-order valence-corrected chi connectivity index (χ4v) is 1.12. The average molecular weight is 207 g/mol. The van der Waals surface area contributed by atoms with Gasteiger partial charge in [-0.3, -0.25) is 5.32 Å². The average Bonchev–Trinajstić information content (AvgIpc) is 2.63. The van der Waals surface area contributed by atoms with Crippen LogP contribution in [0.15, 0.2) is 4.52 Å². The molecule has 0 spiro atoms. The van der Waals surface area contributed by atoms with E-state index in [-0.39, 0.29) is 0 Å². The van der Waals surface area contributed by atoms with E-state index >= 15 is 0 Å². The van der Waals surface area contributed by atoms with E-state index in [9.17, 15) is 0 Å². The van der Waals surface area contributed by atoms with Crippen molar-refractivity contribution < 1.29 is 4.52 Å². The third-order valence-corrected chi connectivity index (χ3v) is 1.96. The number of terminal acetylenes is 1. The molecule has 1 N–H and O–H groups in total. The summed E-state index contributed by atoms with van der Waals surface area (Å²) in [5.74, 6) is 4.52. The van der Waals surface area contributed by atoms with Crippen LogP contribution in [-0.4, -0.2) is 16.7 Å². The van der Waals surface area contributed by atoms with Crippen molar-refractivity contribution in [1.29, 1.82) is 0 Å². The highest BCUT2D eigenvalue weighted by molar-refractivity contribution is 4.90. The highest BCUT2D eigenvalue weighted by Gasteiger charge is 2.06. The zero-order valence-corrected chi connectivity index (χ0v) is 9.29. The first kappa shape index (κ1) is 11.7. The quantitative estimate of drug-likeness (QED) is 0.565. The largest absolute Gasteiger partial charge is 0.338 e. The minimum Gasteiger partial charge on any atom is -0.338 e. The minimum atomic E-state index is 0.518. The molecule has 1 aromatic rings. The summed E-state index contributed by atoms with van der Waals surface area (Å²) in [7, 11) is 0. The van der Waals surface area contributed by atoms with Crippen molar-refractivity contribution in [1.82, 2.24) is 15.5 Å². The first-order valence-electron chi connectivity index (χ1n) is 5.18. The summed E-state index contributed by atoms with van der Waals surface area (Å²) in [5, 5.41) is 6.89. The second-order valence-corrected chi connectivity index (χ2v) is 3.84. The molecule has 1 aromatic heterocycles. The maximum absolute atomic E-state index is 5.10. The number of aryl methyl sites for hydroxylation is 1. The number of rotatable bonds is 6. The number of nitrogens with one attached hydrogen (secondary N) is 1. The molecule has 1 heterocycles. The summed E-state index contributed by atoms with van der Waals surface area (Å²) >= 11 is 0. The fraction of sp³-hybridized carbons (Fsp3) is 0.636. The van der Waals surface area contributed by atoms with E-state index in [0.29, 0.717) is 24.9 Å². The molecule has 82 valence electrons. The molecule has 0 amide bonds. The molecule has 15 heavy (non-hydrogen) atoms. The molecule has 0 atom stereocenters. The van der Waals surface area contributed by atoms with Crippen molar-refractivity contribution in [3.05, 3.63) is 11.7 Å². The van der Waals surface area contributed by atoms with Crippen LogP contribution in [0.2, 0.25) is 0 Å². The Labute approximate surface area is 90.4 Å². The molecule has 0 unspecified atom stereocenters. The Balaban J connectivity index is 2.32.